The third-order valence-corrected chi connectivity index (χ3v) is 2.43. The number of nitrogens with two attached hydrogens (primary N) is 1. The molecule has 0 aliphatic carbocycles. The van der Waals surface area contributed by atoms with Gasteiger partial charge in [-0.25, -0.2) is 4.39 Å². The van der Waals surface area contributed by atoms with Gasteiger partial charge >= 0.3 is 5.97 Å². The summed E-state index contributed by atoms with van der Waals surface area (Å²) >= 11 is 5.76. The van der Waals surface area contributed by atoms with E-state index in [9.17, 15) is 9.18 Å². The number of carboxylic acid groups (broad SMARTS) is 1. The van der Waals surface area contributed by atoms with Crippen molar-refractivity contribution in [3.63, 3.8) is 0 Å². The Labute approximate surface area is 91.7 Å². The largest absolute Gasteiger partial charge is 0.481 e. The highest BCUT2D eigenvalue weighted by atomic mass is 35.5. The van der Waals surface area contributed by atoms with Crippen LogP contribution in [0.15, 0.2) is 18.2 Å². The third-order valence-electron chi connectivity index (χ3n) is 2.10. The van der Waals surface area contributed by atoms with Crippen LogP contribution in [0.2, 0.25) is 5.02 Å². The lowest BCUT2D eigenvalue weighted by molar-refractivity contribution is -0.139. The lowest BCUT2D eigenvalue weighted by Gasteiger charge is -2.13. The van der Waals surface area contributed by atoms with Crippen molar-refractivity contribution in [2.24, 2.45) is 5.73 Å². The van der Waals surface area contributed by atoms with Gasteiger partial charge in [-0.15, -0.1) is 0 Å². The fourth-order valence-corrected chi connectivity index (χ4v) is 1.70. The van der Waals surface area contributed by atoms with E-state index in [1.807, 2.05) is 0 Å². The van der Waals surface area contributed by atoms with Crippen molar-refractivity contribution in [3.05, 3.63) is 34.6 Å². The fourth-order valence-electron chi connectivity index (χ4n) is 1.40. The number of rotatable bonds is 4. The molecule has 0 heterocycles. The maximum atomic E-state index is 13.4. The van der Waals surface area contributed by atoms with Crippen molar-refractivity contribution in [1.29, 1.82) is 0 Å². The van der Waals surface area contributed by atoms with Gasteiger partial charge in [-0.05, 0) is 25.1 Å². The first-order chi connectivity index (χ1) is 7.07. The van der Waals surface area contributed by atoms with E-state index in [0.29, 0.717) is 0 Å². The Morgan fingerprint density at radius 3 is 2.73 bits per heavy atom. The van der Waals surface area contributed by atoms with Crippen molar-refractivity contribution in [3.8, 4) is 0 Å². The molecule has 0 saturated heterocycles. The molecule has 15 heavy (non-hydrogen) atoms. The third kappa shape index (κ3) is 2.67. The smallest absolute Gasteiger partial charge is 0.311 e. The Balaban J connectivity index is 3.15. The molecular weight excluding hydrogens is 221 g/mol. The predicted octanol–water partition coefficient (Wildman–Crippen LogP) is 2.00. The van der Waals surface area contributed by atoms with Gasteiger partial charge in [0.15, 0.2) is 0 Å². The maximum absolute atomic E-state index is 13.4. The van der Waals surface area contributed by atoms with Crippen LogP contribution in [0.25, 0.3) is 0 Å². The summed E-state index contributed by atoms with van der Waals surface area (Å²) < 4.78 is 13.4. The minimum atomic E-state index is -1.12. The highest BCUT2D eigenvalue weighted by molar-refractivity contribution is 6.31. The standard InChI is InChI=1S/C10H11ClFNO2/c11-7-2-1-3-8(12)9(7)6(4-5-13)10(14)15/h1-3,6H,4-5,13H2,(H,14,15). The van der Waals surface area contributed by atoms with Gasteiger partial charge in [0, 0.05) is 10.6 Å². The highest BCUT2D eigenvalue weighted by Crippen LogP contribution is 2.29. The normalized spacial score (nSPS) is 12.5. The molecule has 5 heteroatoms. The van der Waals surface area contributed by atoms with Gasteiger partial charge in [0.2, 0.25) is 0 Å². The minimum Gasteiger partial charge on any atom is -0.481 e. The zero-order chi connectivity index (χ0) is 11.4. The van der Waals surface area contributed by atoms with Crippen molar-refractivity contribution in [2.75, 3.05) is 6.54 Å². The first kappa shape index (κ1) is 11.9. The summed E-state index contributed by atoms with van der Waals surface area (Å²) in [6.45, 7) is 0.168. The summed E-state index contributed by atoms with van der Waals surface area (Å²) in [6.07, 6.45) is 0.163. The number of carbonyl (C=O) groups is 1. The summed E-state index contributed by atoms with van der Waals surface area (Å²) in [5, 5.41) is 9.05. The molecule has 0 amide bonds. The topological polar surface area (TPSA) is 63.3 Å². The quantitative estimate of drug-likeness (QED) is 0.833. The van der Waals surface area contributed by atoms with Crippen molar-refractivity contribution < 1.29 is 14.3 Å². The summed E-state index contributed by atoms with van der Waals surface area (Å²) in [5.74, 6) is -2.71. The molecule has 0 fully saturated rings. The molecule has 0 aromatic heterocycles. The zero-order valence-electron chi connectivity index (χ0n) is 7.91. The molecule has 1 atom stereocenters. The molecule has 82 valence electrons. The Hall–Kier alpha value is -1.13. The van der Waals surface area contributed by atoms with Crippen LogP contribution in [-0.2, 0) is 4.79 Å². The average Bonchev–Trinajstić information content (AvgIpc) is 2.15. The van der Waals surface area contributed by atoms with E-state index in [0.717, 1.165) is 0 Å². The Kier molecular flexibility index (Phi) is 4.05. The van der Waals surface area contributed by atoms with Crippen molar-refractivity contribution in [1.82, 2.24) is 0 Å². The van der Waals surface area contributed by atoms with Gasteiger partial charge in [0.1, 0.15) is 5.82 Å². The van der Waals surface area contributed by atoms with E-state index in [-0.39, 0.29) is 23.6 Å². The van der Waals surface area contributed by atoms with Crippen LogP contribution in [0.4, 0.5) is 4.39 Å². The second-order valence-corrected chi connectivity index (χ2v) is 3.51. The number of benzene rings is 1. The molecule has 3 nitrogen and oxygen atoms in total. The van der Waals surface area contributed by atoms with Crippen LogP contribution in [0.3, 0.4) is 0 Å². The first-order valence-electron chi connectivity index (χ1n) is 4.44. The average molecular weight is 232 g/mol. The van der Waals surface area contributed by atoms with Crippen LogP contribution in [0.1, 0.15) is 17.9 Å². The number of hydrogen-bond acceptors (Lipinski definition) is 2. The van der Waals surface area contributed by atoms with E-state index < -0.39 is 17.7 Å². The monoisotopic (exact) mass is 231 g/mol. The molecule has 1 aromatic carbocycles. The summed E-state index contributed by atoms with van der Waals surface area (Å²) in [7, 11) is 0. The SMILES string of the molecule is NCCC(C(=O)O)c1c(F)cccc1Cl. The van der Waals surface area contributed by atoms with E-state index in [4.69, 9.17) is 22.4 Å². The van der Waals surface area contributed by atoms with Gasteiger partial charge < -0.3 is 10.8 Å². The van der Waals surface area contributed by atoms with E-state index >= 15 is 0 Å². The second-order valence-electron chi connectivity index (χ2n) is 3.10. The number of aliphatic carboxylic acids is 1. The van der Waals surface area contributed by atoms with Gasteiger partial charge in [0.05, 0.1) is 5.92 Å². The van der Waals surface area contributed by atoms with Crippen molar-refractivity contribution in [2.45, 2.75) is 12.3 Å². The minimum absolute atomic E-state index is 0.0112. The number of carboxylic acids is 1. The molecule has 1 unspecified atom stereocenters. The highest BCUT2D eigenvalue weighted by Gasteiger charge is 2.24. The van der Waals surface area contributed by atoms with E-state index in [1.165, 1.54) is 18.2 Å². The Morgan fingerprint density at radius 1 is 1.60 bits per heavy atom. The second kappa shape index (κ2) is 5.09. The Bertz CT molecular complexity index is 350. The van der Waals surface area contributed by atoms with E-state index in [2.05, 4.69) is 0 Å². The van der Waals surface area contributed by atoms with Crippen LogP contribution in [0.5, 0.6) is 0 Å². The molecule has 0 bridgehead atoms. The van der Waals surface area contributed by atoms with Crippen LogP contribution >= 0.6 is 11.6 Å². The molecular formula is C10H11ClFNO2. The molecule has 0 aliphatic heterocycles. The van der Waals surface area contributed by atoms with E-state index in [1.54, 1.807) is 0 Å². The lowest BCUT2D eigenvalue weighted by atomic mass is 9.95. The van der Waals surface area contributed by atoms with Gasteiger partial charge in [0.25, 0.3) is 0 Å². The summed E-state index contributed by atoms with van der Waals surface area (Å²) in [6, 6.07) is 4.09. The van der Waals surface area contributed by atoms with Crippen LogP contribution in [-0.4, -0.2) is 17.6 Å². The zero-order valence-corrected chi connectivity index (χ0v) is 8.67. The Morgan fingerprint density at radius 2 is 2.27 bits per heavy atom. The predicted molar refractivity (Wildman–Crippen MR) is 55.5 cm³/mol. The van der Waals surface area contributed by atoms with Crippen LogP contribution in [0, 0.1) is 5.82 Å². The van der Waals surface area contributed by atoms with Gasteiger partial charge in [-0.3, -0.25) is 4.79 Å². The molecule has 0 saturated carbocycles. The summed E-state index contributed by atoms with van der Waals surface area (Å²) in [4.78, 5) is 10.9. The number of hydrogen-bond donors (Lipinski definition) is 2. The molecule has 1 rings (SSSR count). The maximum Gasteiger partial charge on any atom is 0.311 e. The molecule has 0 spiro atoms. The molecule has 1 aromatic rings. The van der Waals surface area contributed by atoms with Gasteiger partial charge in [-0.2, -0.15) is 0 Å². The first-order valence-corrected chi connectivity index (χ1v) is 4.82. The molecule has 0 aliphatic rings. The molecule has 0 radical (unpaired) electrons. The van der Waals surface area contributed by atoms with Crippen LogP contribution < -0.4 is 5.73 Å². The number of halogens is 2. The molecule has 3 N–H and O–H groups in total. The van der Waals surface area contributed by atoms with Gasteiger partial charge in [-0.1, -0.05) is 17.7 Å². The lowest BCUT2D eigenvalue weighted by Crippen LogP contribution is -2.17. The fraction of sp³-hybridized carbons (Fsp3) is 0.300. The summed E-state index contributed by atoms with van der Waals surface area (Å²) in [5.41, 5.74) is 5.29. The van der Waals surface area contributed by atoms with Crippen molar-refractivity contribution >= 4 is 17.6 Å².